The molecule has 1 saturated heterocycles. The smallest absolute Gasteiger partial charge is 0.165 e. The number of Topliss-reactive ketones (excluding diaryl/α,β-unsaturated/α-hetero) is 1. The van der Waals surface area contributed by atoms with E-state index in [1.807, 2.05) is 17.6 Å². The number of nitriles is 1. The van der Waals surface area contributed by atoms with Crippen LogP contribution in [0.1, 0.15) is 49.3 Å². The number of carbonyl (C=O) groups is 1. The van der Waals surface area contributed by atoms with E-state index in [0.717, 1.165) is 29.7 Å². The van der Waals surface area contributed by atoms with Gasteiger partial charge in [-0.15, -0.1) is 0 Å². The van der Waals surface area contributed by atoms with Gasteiger partial charge in [0.15, 0.2) is 17.2 Å². The third-order valence-electron chi connectivity index (χ3n) is 7.07. The van der Waals surface area contributed by atoms with Gasteiger partial charge in [-0.05, 0) is 48.8 Å². The number of ketones is 1. The minimum Gasteiger partial charge on any atom is -0.382 e. The first-order valence-corrected chi connectivity index (χ1v) is 11.9. The zero-order valence-electron chi connectivity index (χ0n) is 19.1. The molecule has 3 aromatic rings. The van der Waals surface area contributed by atoms with E-state index < -0.39 is 5.54 Å². The first kappa shape index (κ1) is 22.6. The van der Waals surface area contributed by atoms with E-state index >= 15 is 0 Å². The van der Waals surface area contributed by atoms with Crippen molar-refractivity contribution in [2.75, 3.05) is 23.7 Å². The van der Waals surface area contributed by atoms with Crippen molar-refractivity contribution in [3.8, 4) is 6.07 Å². The Morgan fingerprint density at radius 2 is 2.12 bits per heavy atom. The highest BCUT2D eigenvalue weighted by Gasteiger charge is 2.43. The molecule has 0 spiro atoms. The largest absolute Gasteiger partial charge is 0.382 e. The lowest BCUT2D eigenvalue weighted by Gasteiger charge is -2.28. The summed E-state index contributed by atoms with van der Waals surface area (Å²) in [6, 6.07) is 4.09. The molecule has 9 nitrogen and oxygen atoms in total. The fourth-order valence-corrected chi connectivity index (χ4v) is 5.20. The van der Waals surface area contributed by atoms with E-state index in [2.05, 4.69) is 25.9 Å². The average molecular weight is 479 g/mol. The molecule has 1 aliphatic carbocycles. The lowest BCUT2D eigenvalue weighted by atomic mass is 9.91. The van der Waals surface area contributed by atoms with Crippen molar-refractivity contribution in [3.63, 3.8) is 0 Å². The van der Waals surface area contributed by atoms with Crippen LogP contribution < -0.4 is 16.4 Å². The van der Waals surface area contributed by atoms with Crippen LogP contribution in [0.15, 0.2) is 18.7 Å². The monoisotopic (exact) mass is 478 g/mol. The lowest BCUT2D eigenvalue weighted by Crippen LogP contribution is -2.50. The van der Waals surface area contributed by atoms with Crippen LogP contribution in [0.3, 0.4) is 0 Å². The molecule has 3 heterocycles. The number of benzene rings is 1. The second kappa shape index (κ2) is 8.53. The van der Waals surface area contributed by atoms with E-state index in [9.17, 15) is 10.1 Å². The van der Waals surface area contributed by atoms with Gasteiger partial charge < -0.3 is 20.9 Å². The highest BCUT2D eigenvalue weighted by molar-refractivity contribution is 6.32. The molecule has 0 unspecified atom stereocenters. The minimum atomic E-state index is -0.865. The third-order valence-corrected chi connectivity index (χ3v) is 7.37. The molecular formula is C24H27ClN8O. The highest BCUT2D eigenvalue weighted by atomic mass is 35.5. The fraction of sp³-hybridized carbons (Fsp3) is 0.458. The SMILES string of the molecule is CCc1c(C#N)c(Cl)cc(N2CC[C@](N)(C(=O)CC3CC3)C2)c1Cn1cnc2c(N)ncnc21. The maximum atomic E-state index is 12.9. The van der Waals surface area contributed by atoms with Gasteiger partial charge >= 0.3 is 0 Å². The Labute approximate surface area is 202 Å². The predicted molar refractivity (Wildman–Crippen MR) is 130 cm³/mol. The second-order valence-electron chi connectivity index (χ2n) is 9.38. The molecule has 34 heavy (non-hydrogen) atoms. The molecular weight excluding hydrogens is 452 g/mol. The zero-order chi connectivity index (χ0) is 24.0. The zero-order valence-corrected chi connectivity index (χ0v) is 19.8. The van der Waals surface area contributed by atoms with Crippen molar-refractivity contribution < 1.29 is 4.79 Å². The molecule has 176 valence electrons. The van der Waals surface area contributed by atoms with E-state index in [1.54, 1.807) is 6.33 Å². The first-order chi connectivity index (χ1) is 16.3. The number of nitrogens with zero attached hydrogens (tertiary/aromatic N) is 6. The number of rotatable bonds is 7. The average Bonchev–Trinajstić information content (AvgIpc) is 3.39. The molecule has 5 rings (SSSR count). The van der Waals surface area contributed by atoms with Crippen molar-refractivity contribution in [3.05, 3.63) is 40.4 Å². The summed E-state index contributed by atoms with van der Waals surface area (Å²) < 4.78 is 1.89. The van der Waals surface area contributed by atoms with E-state index in [-0.39, 0.29) is 5.78 Å². The van der Waals surface area contributed by atoms with Crippen molar-refractivity contribution in [1.82, 2.24) is 19.5 Å². The summed E-state index contributed by atoms with van der Waals surface area (Å²) in [4.78, 5) is 27.8. The summed E-state index contributed by atoms with van der Waals surface area (Å²) in [5.74, 6) is 0.954. The number of hydrogen-bond acceptors (Lipinski definition) is 8. The number of hydrogen-bond donors (Lipinski definition) is 2. The Bertz CT molecular complexity index is 1320. The second-order valence-corrected chi connectivity index (χ2v) is 9.78. The molecule has 0 radical (unpaired) electrons. The first-order valence-electron chi connectivity index (χ1n) is 11.6. The van der Waals surface area contributed by atoms with Crippen LogP contribution in [-0.2, 0) is 17.8 Å². The van der Waals surface area contributed by atoms with Crippen molar-refractivity contribution in [2.45, 2.75) is 51.1 Å². The molecule has 2 aromatic heterocycles. The van der Waals surface area contributed by atoms with E-state index in [1.165, 1.54) is 6.33 Å². The van der Waals surface area contributed by atoms with Gasteiger partial charge in [-0.3, -0.25) is 4.79 Å². The van der Waals surface area contributed by atoms with Crippen LogP contribution in [0.5, 0.6) is 0 Å². The normalized spacial score (nSPS) is 20.1. The summed E-state index contributed by atoms with van der Waals surface area (Å²) >= 11 is 6.57. The Balaban J connectivity index is 1.56. The van der Waals surface area contributed by atoms with Crippen LogP contribution in [0.25, 0.3) is 11.2 Å². The number of nitrogen functional groups attached to an aromatic ring is 1. The highest BCUT2D eigenvalue weighted by Crippen LogP contribution is 2.39. The molecule has 1 aliphatic heterocycles. The number of nitrogens with two attached hydrogens (primary N) is 2. The van der Waals surface area contributed by atoms with Crippen molar-refractivity contribution >= 4 is 40.1 Å². The molecule has 10 heteroatoms. The van der Waals surface area contributed by atoms with Gasteiger partial charge in [-0.2, -0.15) is 5.26 Å². The topological polar surface area (TPSA) is 140 Å². The van der Waals surface area contributed by atoms with Crippen molar-refractivity contribution in [1.29, 1.82) is 5.26 Å². The maximum Gasteiger partial charge on any atom is 0.165 e. The summed E-state index contributed by atoms with van der Waals surface area (Å²) in [5, 5.41) is 10.2. The summed E-state index contributed by atoms with van der Waals surface area (Å²) in [7, 11) is 0. The molecule has 2 aliphatic rings. The number of carbonyl (C=O) groups excluding carboxylic acids is 1. The summed E-state index contributed by atoms with van der Waals surface area (Å²) in [6.07, 6.45) is 7.10. The Kier molecular flexibility index (Phi) is 5.66. The molecule has 2 fully saturated rings. The quantitative estimate of drug-likeness (QED) is 0.528. The van der Waals surface area contributed by atoms with Crippen LogP contribution in [0, 0.1) is 17.2 Å². The van der Waals surface area contributed by atoms with Gasteiger partial charge in [0.25, 0.3) is 0 Å². The van der Waals surface area contributed by atoms with Gasteiger partial charge in [-0.1, -0.05) is 18.5 Å². The number of imidazole rings is 1. The third kappa shape index (κ3) is 3.87. The number of aromatic nitrogens is 4. The van der Waals surface area contributed by atoms with Crippen LogP contribution in [-0.4, -0.2) is 43.9 Å². The number of halogens is 1. The molecule has 1 saturated carbocycles. The summed E-state index contributed by atoms with van der Waals surface area (Å²) in [5.41, 5.74) is 16.0. The van der Waals surface area contributed by atoms with E-state index in [4.69, 9.17) is 23.1 Å². The van der Waals surface area contributed by atoms with Gasteiger partial charge in [0, 0.05) is 25.2 Å². The maximum absolute atomic E-state index is 12.9. The van der Waals surface area contributed by atoms with Gasteiger partial charge in [0.2, 0.25) is 0 Å². The van der Waals surface area contributed by atoms with Gasteiger partial charge in [-0.25, -0.2) is 15.0 Å². The van der Waals surface area contributed by atoms with E-state index in [0.29, 0.717) is 72.4 Å². The molecule has 4 N–H and O–H groups in total. The minimum absolute atomic E-state index is 0.141. The Morgan fingerprint density at radius 1 is 1.32 bits per heavy atom. The summed E-state index contributed by atoms with van der Waals surface area (Å²) in [6.45, 7) is 3.49. The Morgan fingerprint density at radius 3 is 2.82 bits per heavy atom. The lowest BCUT2D eigenvalue weighted by molar-refractivity contribution is -0.123. The molecule has 0 amide bonds. The fourth-order valence-electron chi connectivity index (χ4n) is 4.94. The van der Waals surface area contributed by atoms with Crippen LogP contribution in [0.2, 0.25) is 5.02 Å². The molecule has 1 aromatic carbocycles. The Hall–Kier alpha value is -3.22. The van der Waals surface area contributed by atoms with Crippen LogP contribution >= 0.6 is 11.6 Å². The van der Waals surface area contributed by atoms with Crippen molar-refractivity contribution in [2.24, 2.45) is 11.7 Å². The van der Waals surface area contributed by atoms with Gasteiger partial charge in [0.05, 0.1) is 29.0 Å². The number of fused-ring (bicyclic) bond motifs is 1. The van der Waals surface area contributed by atoms with Crippen LogP contribution in [0.4, 0.5) is 11.5 Å². The predicted octanol–water partition coefficient (Wildman–Crippen LogP) is 2.82. The standard InChI is InChI=1S/C24H27ClN8O/c1-2-15-16(9-26)18(25)8-19(32-6-5-24(28,11-32)20(34)7-14-3-4-14)17(15)10-33-13-31-21-22(27)29-12-30-23(21)33/h8,12-14H,2-7,10-11,28H2,1H3,(H2,27,29,30)/t24-/m1/s1. The molecule has 0 bridgehead atoms. The molecule has 1 atom stereocenters. The number of anilines is 2. The van der Waals surface area contributed by atoms with Gasteiger partial charge in [0.1, 0.15) is 17.9 Å².